The van der Waals surface area contributed by atoms with Crippen molar-refractivity contribution in [1.82, 2.24) is 9.97 Å². The number of halogens is 2. The van der Waals surface area contributed by atoms with Crippen LogP contribution in [0.3, 0.4) is 0 Å². The SMILES string of the molecule is Cc1cc2c(-c3ccccn3)ccc(C)c2[cH-]1.Cc1cc2c(-c3ccccn3)ccc(C)c2[cH-]1.Cl.Cl.[Si]=[Zr].[c-]1ccccc1.[c-]1ccccc1. The summed E-state index contributed by atoms with van der Waals surface area (Å²) in [4.78, 5) is 8.88. The van der Waals surface area contributed by atoms with Gasteiger partial charge in [0.1, 0.15) is 0 Å². The molecule has 2 aromatic heterocycles. The van der Waals surface area contributed by atoms with Crippen molar-refractivity contribution in [2.75, 3.05) is 0 Å². The first-order chi connectivity index (χ1) is 23.5. The standard InChI is InChI=1S/2C16H14N.2C6H5.2ClH.Si.Zr/c2*1-11-9-14-12(2)6-7-13(15(14)10-11)16-5-3-4-8-17-16;2*1-2-4-6-5-3-1;;;;/h2*3-10H,1-2H3;2*1-5H;2*1H;;/q4*-1;;;;. The number of hydrogen-bond acceptors (Lipinski definition) is 2. The fraction of sp³-hybridized carbons (Fsp3) is 0.0909. The summed E-state index contributed by atoms with van der Waals surface area (Å²) < 4.78 is 0. The number of rotatable bonds is 2. The number of pyridine rings is 2. The van der Waals surface area contributed by atoms with E-state index in [-0.39, 0.29) is 24.8 Å². The van der Waals surface area contributed by atoms with Crippen molar-refractivity contribution in [3.05, 3.63) is 192 Å². The molecule has 0 spiro atoms. The Labute approximate surface area is 326 Å². The van der Waals surface area contributed by atoms with Crippen LogP contribution in [0.25, 0.3) is 44.1 Å². The Hall–Kier alpha value is -3.92. The van der Waals surface area contributed by atoms with Gasteiger partial charge in [-0.1, -0.05) is 52.0 Å². The second-order valence-electron chi connectivity index (χ2n) is 11.2. The quantitative estimate of drug-likeness (QED) is 0.129. The maximum Gasteiger partial charge on any atom is -0.171 e. The molecule has 50 heavy (non-hydrogen) atoms. The average molecular weight is 787 g/mol. The van der Waals surface area contributed by atoms with Crippen LogP contribution in [-0.4, -0.2) is 16.8 Å². The summed E-state index contributed by atoms with van der Waals surface area (Å²) in [5.41, 5.74) is 9.81. The fourth-order valence-corrected chi connectivity index (χ4v) is 5.35. The second kappa shape index (κ2) is 22.7. The third kappa shape index (κ3) is 12.1. The first kappa shape index (κ1) is 42.2. The minimum Gasteiger partial charge on any atom is -0.184 e. The molecule has 0 saturated heterocycles. The van der Waals surface area contributed by atoms with Crippen molar-refractivity contribution < 1.29 is 23.3 Å². The van der Waals surface area contributed by atoms with E-state index < -0.39 is 0 Å². The second-order valence-corrected chi connectivity index (χ2v) is 11.2. The Bertz CT molecular complexity index is 1890. The van der Waals surface area contributed by atoms with Crippen LogP contribution in [0.4, 0.5) is 0 Å². The van der Waals surface area contributed by atoms with E-state index >= 15 is 0 Å². The average Bonchev–Trinajstić information content (AvgIpc) is 3.76. The van der Waals surface area contributed by atoms with Crippen LogP contribution in [0, 0.1) is 39.8 Å². The molecule has 8 aromatic rings. The summed E-state index contributed by atoms with van der Waals surface area (Å²) in [6.45, 7) is 11.7. The molecule has 0 N–H and O–H groups in total. The molecule has 2 radical (unpaired) electrons. The molecule has 0 unspecified atom stereocenters. The first-order valence-corrected chi connectivity index (χ1v) is 19.9. The molecule has 0 saturated carbocycles. The van der Waals surface area contributed by atoms with Gasteiger partial charge in [0.25, 0.3) is 0 Å². The molecule has 0 amide bonds. The molecule has 0 atom stereocenters. The molecule has 8 rings (SSSR count). The predicted octanol–water partition coefficient (Wildman–Crippen LogP) is 11.9. The number of hydrogen-bond donors (Lipinski definition) is 0. The van der Waals surface area contributed by atoms with Gasteiger partial charge in [0.2, 0.25) is 0 Å². The van der Waals surface area contributed by atoms with Crippen molar-refractivity contribution in [2.45, 2.75) is 27.7 Å². The van der Waals surface area contributed by atoms with Gasteiger partial charge in [-0.3, -0.25) is 9.97 Å². The number of aryl methyl sites for hydroxylation is 4. The molecule has 0 aliphatic rings. The third-order valence-electron chi connectivity index (χ3n) is 7.59. The van der Waals surface area contributed by atoms with Crippen LogP contribution in [-0.2, 0) is 23.3 Å². The Balaban J connectivity index is 0.000000246. The first-order valence-electron chi connectivity index (χ1n) is 15.7. The molecule has 0 aliphatic carbocycles. The molecule has 6 heteroatoms. The third-order valence-corrected chi connectivity index (χ3v) is 7.59. The number of aromatic nitrogens is 2. The maximum absolute atomic E-state index is 4.44. The van der Waals surface area contributed by atoms with Crippen molar-refractivity contribution in [2.24, 2.45) is 0 Å². The minimum absolute atomic E-state index is 0. The predicted molar refractivity (Wildman–Crippen MR) is 215 cm³/mol. The van der Waals surface area contributed by atoms with Gasteiger partial charge >= 0.3 is 30.2 Å². The van der Waals surface area contributed by atoms with Crippen molar-refractivity contribution >= 4 is 53.2 Å². The van der Waals surface area contributed by atoms with E-state index in [4.69, 9.17) is 0 Å². The van der Waals surface area contributed by atoms with E-state index in [2.05, 4.69) is 117 Å². The molecular formula is C44H40Cl2N2SiZr-4. The van der Waals surface area contributed by atoms with Crippen LogP contribution >= 0.6 is 24.8 Å². The minimum atomic E-state index is 0. The van der Waals surface area contributed by atoms with Gasteiger partial charge in [-0.05, 0) is 35.4 Å². The van der Waals surface area contributed by atoms with E-state index in [1.807, 2.05) is 97.3 Å². The molecule has 252 valence electrons. The smallest absolute Gasteiger partial charge is 0.171 e. The van der Waals surface area contributed by atoms with E-state index in [9.17, 15) is 0 Å². The Morgan fingerprint density at radius 1 is 0.500 bits per heavy atom. The monoisotopic (exact) mass is 784 g/mol. The summed E-state index contributed by atoms with van der Waals surface area (Å²) in [6.07, 6.45) is 3.69. The van der Waals surface area contributed by atoms with Crippen molar-refractivity contribution in [3.63, 3.8) is 0 Å². The van der Waals surface area contributed by atoms with Gasteiger partial charge in [-0.15, -0.1) is 92.9 Å². The zero-order valence-corrected chi connectivity index (χ0v) is 33.8. The van der Waals surface area contributed by atoms with E-state index in [0.29, 0.717) is 0 Å². The zero-order valence-electron chi connectivity index (χ0n) is 28.7. The zero-order chi connectivity index (χ0) is 34.1. The van der Waals surface area contributed by atoms with Gasteiger partial charge in [-0.2, -0.15) is 84.9 Å². The van der Waals surface area contributed by atoms with Crippen LogP contribution < -0.4 is 0 Å². The largest absolute Gasteiger partial charge is 0.184 e. The number of nitrogens with zero attached hydrogens (tertiary/aromatic N) is 2. The molecule has 0 aliphatic heterocycles. The summed E-state index contributed by atoms with van der Waals surface area (Å²) in [5.74, 6) is 0. The molecule has 2 heterocycles. The topological polar surface area (TPSA) is 25.8 Å². The van der Waals surface area contributed by atoms with Gasteiger partial charge in [0.05, 0.1) is 11.4 Å². The van der Waals surface area contributed by atoms with Crippen LogP contribution in [0.5, 0.6) is 0 Å². The molecular weight excluding hydrogens is 747 g/mol. The Kier molecular flexibility index (Phi) is 19.2. The van der Waals surface area contributed by atoms with Gasteiger partial charge in [-0.25, -0.2) is 0 Å². The Morgan fingerprint density at radius 3 is 1.16 bits per heavy atom. The summed E-state index contributed by atoms with van der Waals surface area (Å²) in [5, 5.41) is 5.29. The van der Waals surface area contributed by atoms with Gasteiger partial charge in [0, 0.05) is 12.4 Å². The van der Waals surface area contributed by atoms with Gasteiger partial charge < -0.3 is 0 Å². The number of fused-ring (bicyclic) bond motifs is 2. The van der Waals surface area contributed by atoms with E-state index in [0.717, 1.165) is 11.4 Å². The molecule has 0 fully saturated rings. The maximum atomic E-state index is 4.44. The van der Waals surface area contributed by atoms with E-state index in [1.165, 1.54) is 78.3 Å². The van der Waals surface area contributed by atoms with Crippen LogP contribution in [0.1, 0.15) is 22.3 Å². The fourth-order valence-electron chi connectivity index (χ4n) is 5.35. The Morgan fingerprint density at radius 2 is 0.880 bits per heavy atom. The normalized spacial score (nSPS) is 9.42. The van der Waals surface area contributed by atoms with Crippen LogP contribution in [0.15, 0.2) is 158 Å². The molecule has 6 aromatic carbocycles. The van der Waals surface area contributed by atoms with E-state index in [1.54, 1.807) is 0 Å². The summed E-state index contributed by atoms with van der Waals surface area (Å²) in [6, 6.07) is 54.7. The van der Waals surface area contributed by atoms with Crippen molar-refractivity contribution in [3.8, 4) is 22.5 Å². The molecule has 0 bridgehead atoms. The summed E-state index contributed by atoms with van der Waals surface area (Å²) >= 11 is 1.36. The summed E-state index contributed by atoms with van der Waals surface area (Å²) in [7, 11) is 0. The van der Waals surface area contributed by atoms with Crippen LogP contribution in [0.2, 0.25) is 0 Å². The number of benzene rings is 4. The van der Waals surface area contributed by atoms with Crippen molar-refractivity contribution in [1.29, 1.82) is 0 Å². The molecule has 2 nitrogen and oxygen atoms in total. The van der Waals surface area contributed by atoms with Gasteiger partial charge in [0.15, 0.2) is 0 Å².